The van der Waals surface area contributed by atoms with E-state index in [0.717, 1.165) is 50.8 Å². The average Bonchev–Trinajstić information content (AvgIpc) is 2.60. The molecule has 2 fully saturated rings. The molecule has 1 aromatic rings. The van der Waals surface area contributed by atoms with Crippen molar-refractivity contribution in [2.24, 2.45) is 5.92 Å². The first-order chi connectivity index (χ1) is 12.4. The van der Waals surface area contributed by atoms with Gasteiger partial charge in [0.05, 0.1) is 5.60 Å². The number of nitrogens with one attached hydrogen (secondary N) is 2. The first kappa shape index (κ1) is 18.7. The fourth-order valence-electron chi connectivity index (χ4n) is 3.50. The third-order valence-electron chi connectivity index (χ3n) is 5.65. The van der Waals surface area contributed by atoms with Crippen LogP contribution in [0.25, 0.3) is 0 Å². The van der Waals surface area contributed by atoms with E-state index in [4.69, 9.17) is 0 Å². The molecule has 3 N–H and O–H groups in total. The minimum Gasteiger partial charge on any atom is -0.388 e. The van der Waals surface area contributed by atoms with Gasteiger partial charge >= 0.3 is 6.03 Å². The quantitative estimate of drug-likeness (QED) is 0.773. The molecule has 1 heterocycles. The molecule has 2 aliphatic rings. The molecule has 0 spiro atoms. The lowest BCUT2D eigenvalue weighted by Crippen LogP contribution is -2.48. The minimum atomic E-state index is -0.741. The Hall–Kier alpha value is -2.08. The molecule has 6 nitrogen and oxygen atoms in total. The summed E-state index contributed by atoms with van der Waals surface area (Å²) in [6, 6.07) is 5.03. The molecule has 0 aromatic heterocycles. The lowest BCUT2D eigenvalue weighted by molar-refractivity contribution is -0.0287. The number of anilines is 1. The van der Waals surface area contributed by atoms with Crippen molar-refractivity contribution in [3.63, 3.8) is 0 Å². The van der Waals surface area contributed by atoms with Gasteiger partial charge in [-0.25, -0.2) is 4.79 Å². The lowest BCUT2D eigenvalue weighted by atomic mass is 9.80. The highest BCUT2D eigenvalue weighted by Gasteiger charge is 2.34. The number of carbonyl (C=O) groups excluding carboxylic acids is 2. The van der Waals surface area contributed by atoms with Gasteiger partial charge in [-0.15, -0.1) is 0 Å². The molecular formula is C20H29N3O3. The van der Waals surface area contributed by atoms with Crippen LogP contribution in [-0.4, -0.2) is 47.2 Å². The van der Waals surface area contributed by atoms with Crippen LogP contribution in [-0.2, 0) is 0 Å². The van der Waals surface area contributed by atoms with Crippen molar-refractivity contribution >= 4 is 17.6 Å². The second kappa shape index (κ2) is 7.66. The number of aliphatic hydroxyl groups is 1. The second-order valence-corrected chi connectivity index (χ2v) is 7.89. The summed E-state index contributed by atoms with van der Waals surface area (Å²) in [5.41, 5.74) is 1.44. The van der Waals surface area contributed by atoms with Crippen molar-refractivity contribution in [1.29, 1.82) is 0 Å². The SMILES string of the molecule is Cc1cc(C(=O)N2CCC(C)CC2)ccc1NC(=O)NCC1(O)CCC1. The number of aryl methyl sites for hydroxylation is 1. The first-order valence-electron chi connectivity index (χ1n) is 9.53. The molecule has 6 heteroatoms. The number of carbonyl (C=O) groups is 2. The third-order valence-corrected chi connectivity index (χ3v) is 5.65. The van der Waals surface area contributed by atoms with Crippen LogP contribution < -0.4 is 10.6 Å². The Bertz CT molecular complexity index is 677. The van der Waals surface area contributed by atoms with Crippen LogP contribution >= 0.6 is 0 Å². The standard InChI is InChI=1S/C20H29N3O3/c1-14-6-10-23(11-7-14)18(24)16-4-5-17(15(2)12-16)22-19(25)21-13-20(26)8-3-9-20/h4-5,12,14,26H,3,6-11,13H2,1-2H3,(H2,21,22,25). The van der Waals surface area contributed by atoms with Crippen LogP contribution in [0.15, 0.2) is 18.2 Å². The Kier molecular flexibility index (Phi) is 5.51. The fraction of sp³-hybridized carbons (Fsp3) is 0.600. The van der Waals surface area contributed by atoms with E-state index in [2.05, 4.69) is 17.6 Å². The number of urea groups is 1. The van der Waals surface area contributed by atoms with E-state index in [-0.39, 0.29) is 18.5 Å². The molecule has 3 rings (SSSR count). The topological polar surface area (TPSA) is 81.7 Å². The predicted molar refractivity (Wildman–Crippen MR) is 101 cm³/mol. The predicted octanol–water partition coefficient (Wildman–Crippen LogP) is 2.90. The molecule has 1 saturated heterocycles. The van der Waals surface area contributed by atoms with Gasteiger partial charge in [-0.2, -0.15) is 0 Å². The molecule has 1 aromatic carbocycles. The van der Waals surface area contributed by atoms with Crippen LogP contribution in [0.4, 0.5) is 10.5 Å². The zero-order chi connectivity index (χ0) is 18.7. The zero-order valence-electron chi connectivity index (χ0n) is 15.7. The van der Waals surface area contributed by atoms with E-state index in [9.17, 15) is 14.7 Å². The molecule has 3 amide bonds. The van der Waals surface area contributed by atoms with Crippen molar-refractivity contribution in [1.82, 2.24) is 10.2 Å². The van der Waals surface area contributed by atoms with Crippen molar-refractivity contribution in [3.8, 4) is 0 Å². The van der Waals surface area contributed by atoms with E-state index in [0.29, 0.717) is 17.2 Å². The summed E-state index contributed by atoms with van der Waals surface area (Å²) in [6.07, 6.45) is 4.58. The van der Waals surface area contributed by atoms with Gasteiger partial charge in [0, 0.05) is 30.9 Å². The van der Waals surface area contributed by atoms with Crippen LogP contribution in [0, 0.1) is 12.8 Å². The van der Waals surface area contributed by atoms with Crippen molar-refractivity contribution in [2.45, 2.75) is 51.6 Å². The smallest absolute Gasteiger partial charge is 0.319 e. The Morgan fingerprint density at radius 3 is 2.54 bits per heavy atom. The summed E-state index contributed by atoms with van der Waals surface area (Å²) in [4.78, 5) is 26.6. The maximum atomic E-state index is 12.6. The normalized spacial score (nSPS) is 19.6. The number of benzene rings is 1. The van der Waals surface area contributed by atoms with Gasteiger partial charge in [-0.1, -0.05) is 6.92 Å². The Balaban J connectivity index is 1.56. The molecule has 26 heavy (non-hydrogen) atoms. The van der Waals surface area contributed by atoms with Gasteiger partial charge in [-0.05, 0) is 68.7 Å². The Morgan fingerprint density at radius 1 is 1.27 bits per heavy atom. The Morgan fingerprint density at radius 2 is 1.96 bits per heavy atom. The van der Waals surface area contributed by atoms with Crippen molar-refractivity contribution in [2.75, 3.05) is 25.0 Å². The highest BCUT2D eigenvalue weighted by molar-refractivity contribution is 5.96. The number of nitrogens with zero attached hydrogens (tertiary/aromatic N) is 1. The molecule has 0 radical (unpaired) electrons. The maximum absolute atomic E-state index is 12.6. The monoisotopic (exact) mass is 359 g/mol. The molecule has 0 unspecified atom stereocenters. The summed E-state index contributed by atoms with van der Waals surface area (Å²) in [7, 11) is 0. The molecular weight excluding hydrogens is 330 g/mol. The fourth-order valence-corrected chi connectivity index (χ4v) is 3.50. The number of rotatable bonds is 4. The van der Waals surface area contributed by atoms with E-state index in [1.807, 2.05) is 17.9 Å². The van der Waals surface area contributed by atoms with E-state index < -0.39 is 5.60 Å². The molecule has 0 atom stereocenters. The number of hydrogen-bond donors (Lipinski definition) is 3. The van der Waals surface area contributed by atoms with Gasteiger partial charge in [-0.3, -0.25) is 4.79 Å². The number of piperidine rings is 1. The average molecular weight is 359 g/mol. The number of hydrogen-bond acceptors (Lipinski definition) is 3. The Labute approximate surface area is 155 Å². The van der Waals surface area contributed by atoms with E-state index in [1.54, 1.807) is 12.1 Å². The number of amides is 3. The van der Waals surface area contributed by atoms with E-state index >= 15 is 0 Å². The lowest BCUT2D eigenvalue weighted by Gasteiger charge is -2.36. The molecule has 0 bridgehead atoms. The highest BCUT2D eigenvalue weighted by atomic mass is 16.3. The summed E-state index contributed by atoms with van der Waals surface area (Å²) in [6.45, 7) is 5.99. The molecule has 142 valence electrons. The third kappa shape index (κ3) is 4.36. The van der Waals surface area contributed by atoms with E-state index in [1.165, 1.54) is 0 Å². The minimum absolute atomic E-state index is 0.0585. The summed E-state index contributed by atoms with van der Waals surface area (Å²) < 4.78 is 0. The first-order valence-corrected chi connectivity index (χ1v) is 9.53. The van der Waals surface area contributed by atoms with Gasteiger partial charge < -0.3 is 20.6 Å². The van der Waals surface area contributed by atoms with Crippen molar-refractivity contribution < 1.29 is 14.7 Å². The second-order valence-electron chi connectivity index (χ2n) is 7.89. The van der Waals surface area contributed by atoms with Crippen LogP contribution in [0.2, 0.25) is 0 Å². The molecule has 1 aliphatic heterocycles. The highest BCUT2D eigenvalue weighted by Crippen LogP contribution is 2.30. The number of likely N-dealkylation sites (tertiary alicyclic amines) is 1. The molecule has 1 aliphatic carbocycles. The largest absolute Gasteiger partial charge is 0.388 e. The zero-order valence-corrected chi connectivity index (χ0v) is 15.7. The van der Waals surface area contributed by atoms with Gasteiger partial charge in [0.25, 0.3) is 5.91 Å². The summed E-state index contributed by atoms with van der Waals surface area (Å²) in [5.74, 6) is 0.743. The van der Waals surface area contributed by atoms with Crippen LogP contribution in [0.3, 0.4) is 0 Å². The maximum Gasteiger partial charge on any atom is 0.319 e. The summed E-state index contributed by atoms with van der Waals surface area (Å²) >= 11 is 0. The van der Waals surface area contributed by atoms with Crippen molar-refractivity contribution in [3.05, 3.63) is 29.3 Å². The summed E-state index contributed by atoms with van der Waals surface area (Å²) in [5, 5.41) is 15.5. The molecule has 1 saturated carbocycles. The van der Waals surface area contributed by atoms with Gasteiger partial charge in [0.2, 0.25) is 0 Å². The van der Waals surface area contributed by atoms with Crippen LogP contribution in [0.1, 0.15) is 54.9 Å². The van der Waals surface area contributed by atoms with Gasteiger partial charge in [0.15, 0.2) is 0 Å². The van der Waals surface area contributed by atoms with Gasteiger partial charge in [0.1, 0.15) is 0 Å². The van der Waals surface area contributed by atoms with Crippen LogP contribution in [0.5, 0.6) is 0 Å².